The Morgan fingerprint density at radius 2 is 1.93 bits per heavy atom. The molecule has 0 fully saturated rings. The Bertz CT molecular complexity index is 1090. The van der Waals surface area contributed by atoms with Gasteiger partial charge in [0.15, 0.2) is 6.61 Å². The van der Waals surface area contributed by atoms with E-state index in [-0.39, 0.29) is 11.7 Å². The molecule has 0 bridgehead atoms. The number of urea groups is 1. The molecule has 3 rings (SSSR count). The molecule has 0 spiro atoms. The van der Waals surface area contributed by atoms with Gasteiger partial charge < -0.3 is 10.1 Å². The average molecular weight is 432 g/mol. The number of hydrogen-bond donors (Lipinski definition) is 2. The molecule has 158 valence electrons. The largest absolute Gasteiger partial charge is 0.451 e. The Morgan fingerprint density at radius 3 is 2.60 bits per heavy atom. The minimum absolute atomic E-state index is 0.242. The van der Waals surface area contributed by atoms with Gasteiger partial charge in [0.2, 0.25) is 0 Å². The molecule has 2 heterocycles. The number of imide groups is 1. The van der Waals surface area contributed by atoms with Crippen molar-refractivity contribution in [3.8, 4) is 5.69 Å². The molecule has 8 nitrogen and oxygen atoms in total. The van der Waals surface area contributed by atoms with E-state index in [4.69, 9.17) is 4.74 Å². The van der Waals surface area contributed by atoms with Crippen molar-refractivity contribution in [1.82, 2.24) is 20.4 Å². The summed E-state index contributed by atoms with van der Waals surface area (Å²) in [6.45, 7) is 5.49. The fourth-order valence-corrected chi connectivity index (χ4v) is 3.69. The number of nitrogens with one attached hydrogen (secondary N) is 2. The van der Waals surface area contributed by atoms with Crippen molar-refractivity contribution in [1.29, 1.82) is 0 Å². The summed E-state index contributed by atoms with van der Waals surface area (Å²) in [6, 6.07) is 6.84. The molecular weight excluding hydrogens is 411 g/mol. The number of nitrogens with zero attached hydrogens (tertiary/aromatic N) is 2. The molecule has 3 aromatic rings. The van der Waals surface area contributed by atoms with Gasteiger partial charge in [-0.25, -0.2) is 18.7 Å². The zero-order valence-corrected chi connectivity index (χ0v) is 17.5. The number of thiophene rings is 1. The third-order valence-corrected chi connectivity index (χ3v) is 5.17. The molecule has 0 saturated carbocycles. The number of rotatable bonds is 6. The lowest BCUT2D eigenvalue weighted by Crippen LogP contribution is -2.42. The summed E-state index contributed by atoms with van der Waals surface area (Å²) >= 11 is 1.15. The van der Waals surface area contributed by atoms with Crippen LogP contribution in [0.25, 0.3) is 15.9 Å². The van der Waals surface area contributed by atoms with Crippen molar-refractivity contribution >= 4 is 39.5 Å². The molecule has 3 amide bonds. The summed E-state index contributed by atoms with van der Waals surface area (Å²) < 4.78 is 19.8. The van der Waals surface area contributed by atoms with E-state index in [2.05, 4.69) is 15.7 Å². The van der Waals surface area contributed by atoms with Gasteiger partial charge in [-0.3, -0.25) is 10.1 Å². The summed E-state index contributed by atoms with van der Waals surface area (Å²) in [6.07, 6.45) is 0. The number of benzene rings is 1. The van der Waals surface area contributed by atoms with Gasteiger partial charge >= 0.3 is 12.0 Å². The molecule has 1 aromatic carbocycles. The van der Waals surface area contributed by atoms with Crippen LogP contribution < -0.4 is 10.6 Å². The van der Waals surface area contributed by atoms with Gasteiger partial charge in [-0.1, -0.05) is 13.8 Å². The van der Waals surface area contributed by atoms with Crippen molar-refractivity contribution in [2.45, 2.75) is 20.8 Å². The SMILES string of the molecule is Cc1nn(-c2ccc(F)cc2)c2sc(C(=O)OCC(=O)NC(=O)NCC(C)C)cc12. The van der Waals surface area contributed by atoms with Crippen molar-refractivity contribution in [2.24, 2.45) is 5.92 Å². The van der Waals surface area contributed by atoms with Gasteiger partial charge in [-0.15, -0.1) is 11.3 Å². The molecule has 2 aromatic heterocycles. The standard InChI is InChI=1S/C20H21FN4O4S/c1-11(2)9-22-20(28)23-17(26)10-29-19(27)16-8-15-12(3)24-25(18(15)30-16)14-6-4-13(21)5-7-14/h4-8,11H,9-10H2,1-3H3,(H2,22,23,26,28). The van der Waals surface area contributed by atoms with E-state index in [0.717, 1.165) is 16.7 Å². The third kappa shape index (κ3) is 5.01. The summed E-state index contributed by atoms with van der Waals surface area (Å²) in [7, 11) is 0. The monoisotopic (exact) mass is 432 g/mol. The number of carbonyl (C=O) groups is 3. The average Bonchev–Trinajstić information content (AvgIpc) is 3.26. The van der Waals surface area contributed by atoms with E-state index in [1.165, 1.54) is 12.1 Å². The van der Waals surface area contributed by atoms with Crippen molar-refractivity contribution in [3.05, 3.63) is 46.7 Å². The van der Waals surface area contributed by atoms with Crippen LogP contribution in [0.4, 0.5) is 9.18 Å². The first-order valence-electron chi connectivity index (χ1n) is 9.24. The quantitative estimate of drug-likeness (QED) is 0.583. The third-order valence-electron chi connectivity index (χ3n) is 4.08. The number of halogens is 1. The highest BCUT2D eigenvalue weighted by Gasteiger charge is 2.19. The summed E-state index contributed by atoms with van der Waals surface area (Å²) in [4.78, 5) is 36.7. The number of esters is 1. The molecule has 2 N–H and O–H groups in total. The van der Waals surface area contributed by atoms with Crippen LogP contribution in [0.2, 0.25) is 0 Å². The maximum atomic E-state index is 13.2. The summed E-state index contributed by atoms with van der Waals surface area (Å²) in [5, 5.41) is 9.82. The maximum absolute atomic E-state index is 13.2. The van der Waals surface area contributed by atoms with Gasteiger partial charge in [0, 0.05) is 11.9 Å². The zero-order valence-electron chi connectivity index (χ0n) is 16.7. The number of amides is 3. The maximum Gasteiger partial charge on any atom is 0.348 e. The molecule has 0 unspecified atom stereocenters. The van der Waals surface area contributed by atoms with Gasteiger partial charge in [-0.05, 0) is 43.2 Å². The molecule has 30 heavy (non-hydrogen) atoms. The predicted molar refractivity (Wildman–Crippen MR) is 110 cm³/mol. The first kappa shape index (κ1) is 21.4. The van der Waals surface area contributed by atoms with Crippen molar-refractivity contribution < 1.29 is 23.5 Å². The molecule has 0 aliphatic carbocycles. The van der Waals surface area contributed by atoms with Crippen LogP contribution in [0.15, 0.2) is 30.3 Å². The van der Waals surface area contributed by atoms with Crippen LogP contribution in [0, 0.1) is 18.7 Å². The summed E-state index contributed by atoms with van der Waals surface area (Å²) in [5.74, 6) is -1.52. The van der Waals surface area contributed by atoms with Crippen LogP contribution in [0.5, 0.6) is 0 Å². The lowest BCUT2D eigenvalue weighted by molar-refractivity contribution is -0.123. The van der Waals surface area contributed by atoms with E-state index < -0.39 is 24.5 Å². The van der Waals surface area contributed by atoms with E-state index in [1.54, 1.807) is 29.8 Å². The second-order valence-electron chi connectivity index (χ2n) is 7.03. The fourth-order valence-electron chi connectivity index (χ4n) is 2.61. The lowest BCUT2D eigenvalue weighted by Gasteiger charge is -2.08. The van der Waals surface area contributed by atoms with Crippen LogP contribution >= 0.6 is 11.3 Å². The Morgan fingerprint density at radius 1 is 1.23 bits per heavy atom. The lowest BCUT2D eigenvalue weighted by atomic mass is 10.2. The molecule has 0 saturated heterocycles. The van der Waals surface area contributed by atoms with E-state index >= 15 is 0 Å². The van der Waals surface area contributed by atoms with E-state index in [1.807, 2.05) is 13.8 Å². The Balaban J connectivity index is 1.66. The second kappa shape index (κ2) is 9.04. The highest BCUT2D eigenvalue weighted by molar-refractivity contribution is 7.20. The number of hydrogen-bond acceptors (Lipinski definition) is 6. The number of fused-ring (bicyclic) bond motifs is 1. The van der Waals surface area contributed by atoms with Crippen LogP contribution in [-0.4, -0.2) is 40.8 Å². The predicted octanol–water partition coefficient (Wildman–Crippen LogP) is 3.17. The van der Waals surface area contributed by atoms with Crippen molar-refractivity contribution in [3.63, 3.8) is 0 Å². The van der Waals surface area contributed by atoms with E-state index in [0.29, 0.717) is 27.6 Å². The molecule has 0 aliphatic rings. The minimum atomic E-state index is -0.723. The number of ether oxygens (including phenoxy) is 1. The Hall–Kier alpha value is -3.27. The number of carbonyl (C=O) groups excluding carboxylic acids is 3. The smallest absolute Gasteiger partial charge is 0.348 e. The summed E-state index contributed by atoms with van der Waals surface area (Å²) in [5.41, 5.74) is 1.35. The van der Waals surface area contributed by atoms with E-state index in [9.17, 15) is 18.8 Å². The number of aromatic nitrogens is 2. The Labute approximate surface area is 176 Å². The first-order valence-corrected chi connectivity index (χ1v) is 10.1. The zero-order chi connectivity index (χ0) is 21.8. The van der Waals surface area contributed by atoms with Gasteiger partial charge in [0.05, 0.1) is 11.4 Å². The molecule has 0 atom stereocenters. The van der Waals surface area contributed by atoms with Gasteiger partial charge in [-0.2, -0.15) is 5.10 Å². The van der Waals surface area contributed by atoms with Gasteiger partial charge in [0.25, 0.3) is 5.91 Å². The fraction of sp³-hybridized carbons (Fsp3) is 0.300. The van der Waals surface area contributed by atoms with Crippen LogP contribution in [0.3, 0.4) is 0 Å². The first-order chi connectivity index (χ1) is 14.2. The highest BCUT2D eigenvalue weighted by Crippen LogP contribution is 2.30. The topological polar surface area (TPSA) is 102 Å². The van der Waals surface area contributed by atoms with Crippen molar-refractivity contribution in [2.75, 3.05) is 13.2 Å². The minimum Gasteiger partial charge on any atom is -0.451 e. The van der Waals surface area contributed by atoms with Gasteiger partial charge in [0.1, 0.15) is 15.5 Å². The second-order valence-corrected chi connectivity index (χ2v) is 8.06. The molecule has 0 radical (unpaired) electrons. The van der Waals surface area contributed by atoms with Crippen LogP contribution in [0.1, 0.15) is 29.2 Å². The van der Waals surface area contributed by atoms with Crippen LogP contribution in [-0.2, 0) is 9.53 Å². The number of aryl methyl sites for hydroxylation is 1. The Kier molecular flexibility index (Phi) is 6.46. The molecule has 10 heteroatoms. The highest BCUT2D eigenvalue weighted by atomic mass is 32.1. The molecule has 0 aliphatic heterocycles. The normalized spacial score (nSPS) is 11.0. The molecular formula is C20H21FN4O4S.